The highest BCUT2D eigenvalue weighted by Crippen LogP contribution is 2.28. The maximum atomic E-state index is 5.77. The Balaban J connectivity index is 2.15. The Kier molecular flexibility index (Phi) is 3.62. The van der Waals surface area contributed by atoms with Crippen LogP contribution in [0.4, 0.5) is 5.82 Å². The average molecular weight is 247 g/mol. The summed E-state index contributed by atoms with van der Waals surface area (Å²) >= 11 is 0. The van der Waals surface area contributed by atoms with E-state index in [4.69, 9.17) is 5.73 Å². The van der Waals surface area contributed by atoms with Crippen LogP contribution in [0.1, 0.15) is 39.7 Å². The van der Waals surface area contributed by atoms with Crippen LogP contribution in [0.3, 0.4) is 0 Å². The number of nitrogens with two attached hydrogens (primary N) is 1. The molecule has 0 radical (unpaired) electrons. The van der Waals surface area contributed by atoms with E-state index in [-0.39, 0.29) is 5.41 Å². The van der Waals surface area contributed by atoms with Gasteiger partial charge in [-0.1, -0.05) is 26.8 Å². The summed E-state index contributed by atoms with van der Waals surface area (Å²) < 4.78 is 0. The molecule has 2 atom stereocenters. The second-order valence-corrected chi connectivity index (χ2v) is 6.49. The van der Waals surface area contributed by atoms with Crippen LogP contribution in [0.2, 0.25) is 0 Å². The molecule has 100 valence electrons. The van der Waals surface area contributed by atoms with Crippen molar-refractivity contribution in [1.82, 2.24) is 4.98 Å². The smallest absolute Gasteiger partial charge is 0.128 e. The summed E-state index contributed by atoms with van der Waals surface area (Å²) in [4.78, 5) is 7.01. The van der Waals surface area contributed by atoms with Gasteiger partial charge in [-0.3, -0.25) is 0 Å². The van der Waals surface area contributed by atoms with Crippen LogP contribution < -0.4 is 10.6 Å². The minimum atomic E-state index is 0.169. The Morgan fingerprint density at radius 1 is 1.39 bits per heavy atom. The molecule has 0 aromatic carbocycles. The standard InChI is InChI=1S/C15H25N3/c1-11-7-12(8-16)10-18(11)14-6-5-13(9-17-14)15(2,3)4/h5-6,9,11-12H,7-8,10,16H2,1-4H3. The summed E-state index contributed by atoms with van der Waals surface area (Å²) in [6.07, 6.45) is 3.19. The van der Waals surface area contributed by atoms with Gasteiger partial charge in [0.2, 0.25) is 0 Å². The molecule has 2 heterocycles. The molecule has 1 saturated heterocycles. The lowest BCUT2D eigenvalue weighted by Gasteiger charge is -2.24. The van der Waals surface area contributed by atoms with Gasteiger partial charge in [-0.25, -0.2) is 4.98 Å². The first-order valence-electron chi connectivity index (χ1n) is 6.85. The van der Waals surface area contributed by atoms with Crippen molar-refractivity contribution in [2.24, 2.45) is 11.7 Å². The number of aromatic nitrogens is 1. The van der Waals surface area contributed by atoms with Gasteiger partial charge in [0.05, 0.1) is 0 Å². The third kappa shape index (κ3) is 2.66. The molecule has 1 fully saturated rings. The third-order valence-corrected chi connectivity index (χ3v) is 3.90. The van der Waals surface area contributed by atoms with Gasteiger partial charge in [0.1, 0.15) is 5.82 Å². The molecule has 0 aliphatic carbocycles. The molecule has 3 heteroatoms. The SMILES string of the molecule is CC1CC(CN)CN1c1ccc(C(C)(C)C)cn1. The molecule has 0 spiro atoms. The van der Waals surface area contributed by atoms with Gasteiger partial charge in [-0.15, -0.1) is 0 Å². The lowest BCUT2D eigenvalue weighted by atomic mass is 9.88. The third-order valence-electron chi connectivity index (χ3n) is 3.90. The van der Waals surface area contributed by atoms with Crippen molar-refractivity contribution in [2.75, 3.05) is 18.0 Å². The Morgan fingerprint density at radius 3 is 2.56 bits per heavy atom. The first kappa shape index (κ1) is 13.3. The summed E-state index contributed by atoms with van der Waals surface area (Å²) in [6.45, 7) is 10.7. The summed E-state index contributed by atoms with van der Waals surface area (Å²) in [5.74, 6) is 1.70. The number of hydrogen-bond acceptors (Lipinski definition) is 3. The summed E-state index contributed by atoms with van der Waals surface area (Å²) in [7, 11) is 0. The zero-order valence-corrected chi connectivity index (χ0v) is 12.0. The highest BCUT2D eigenvalue weighted by atomic mass is 15.2. The summed E-state index contributed by atoms with van der Waals surface area (Å²) in [5.41, 5.74) is 7.22. The zero-order chi connectivity index (χ0) is 13.3. The Bertz CT molecular complexity index is 391. The topological polar surface area (TPSA) is 42.1 Å². The molecular formula is C15H25N3. The van der Waals surface area contributed by atoms with Crippen LogP contribution in [0, 0.1) is 5.92 Å². The molecule has 2 N–H and O–H groups in total. The van der Waals surface area contributed by atoms with Crippen LogP contribution in [-0.4, -0.2) is 24.1 Å². The van der Waals surface area contributed by atoms with Gasteiger partial charge in [0, 0.05) is 18.8 Å². The quantitative estimate of drug-likeness (QED) is 0.873. The van der Waals surface area contributed by atoms with Gasteiger partial charge in [-0.2, -0.15) is 0 Å². The van der Waals surface area contributed by atoms with Gasteiger partial charge < -0.3 is 10.6 Å². The van der Waals surface area contributed by atoms with E-state index in [1.165, 1.54) is 12.0 Å². The van der Waals surface area contributed by atoms with Crippen molar-refractivity contribution in [3.05, 3.63) is 23.9 Å². The fourth-order valence-corrected chi connectivity index (χ4v) is 2.63. The second-order valence-electron chi connectivity index (χ2n) is 6.49. The predicted molar refractivity (Wildman–Crippen MR) is 76.9 cm³/mol. The van der Waals surface area contributed by atoms with E-state index in [9.17, 15) is 0 Å². The van der Waals surface area contributed by atoms with Crippen molar-refractivity contribution < 1.29 is 0 Å². The molecule has 0 saturated carbocycles. The number of hydrogen-bond donors (Lipinski definition) is 1. The molecule has 1 aliphatic heterocycles. The Hall–Kier alpha value is -1.09. The monoisotopic (exact) mass is 247 g/mol. The maximum absolute atomic E-state index is 5.77. The van der Waals surface area contributed by atoms with Crippen LogP contribution in [0.15, 0.2) is 18.3 Å². The summed E-state index contributed by atoms with van der Waals surface area (Å²) in [5, 5.41) is 0. The maximum Gasteiger partial charge on any atom is 0.128 e. The molecule has 0 bridgehead atoms. The molecular weight excluding hydrogens is 222 g/mol. The van der Waals surface area contributed by atoms with Gasteiger partial charge in [0.15, 0.2) is 0 Å². The molecule has 1 aromatic rings. The predicted octanol–water partition coefficient (Wildman–Crippen LogP) is 2.55. The van der Waals surface area contributed by atoms with Crippen molar-refractivity contribution >= 4 is 5.82 Å². The Morgan fingerprint density at radius 2 is 2.11 bits per heavy atom. The van der Waals surface area contributed by atoms with Crippen molar-refractivity contribution in [3.8, 4) is 0 Å². The summed E-state index contributed by atoms with van der Waals surface area (Å²) in [6, 6.07) is 4.90. The van der Waals surface area contributed by atoms with E-state index in [1.54, 1.807) is 0 Å². The highest BCUT2D eigenvalue weighted by Gasteiger charge is 2.29. The molecule has 2 unspecified atom stereocenters. The van der Waals surface area contributed by atoms with E-state index in [2.05, 4.69) is 49.7 Å². The number of rotatable bonds is 2. The first-order valence-corrected chi connectivity index (χ1v) is 6.85. The van der Waals surface area contributed by atoms with Gasteiger partial charge in [-0.05, 0) is 42.9 Å². The molecule has 18 heavy (non-hydrogen) atoms. The highest BCUT2D eigenvalue weighted by molar-refractivity contribution is 5.43. The average Bonchev–Trinajstić information content (AvgIpc) is 2.70. The fraction of sp³-hybridized carbons (Fsp3) is 0.667. The number of anilines is 1. The largest absolute Gasteiger partial charge is 0.354 e. The van der Waals surface area contributed by atoms with Gasteiger partial charge >= 0.3 is 0 Å². The van der Waals surface area contributed by atoms with E-state index < -0.39 is 0 Å². The van der Waals surface area contributed by atoms with Crippen molar-refractivity contribution in [3.63, 3.8) is 0 Å². The lowest BCUT2D eigenvalue weighted by molar-refractivity contribution is 0.579. The minimum absolute atomic E-state index is 0.169. The van der Waals surface area contributed by atoms with E-state index in [1.807, 2.05) is 6.20 Å². The number of pyridine rings is 1. The lowest BCUT2D eigenvalue weighted by Crippen LogP contribution is -2.28. The second kappa shape index (κ2) is 4.88. The van der Waals surface area contributed by atoms with E-state index in [0.29, 0.717) is 12.0 Å². The molecule has 0 amide bonds. The minimum Gasteiger partial charge on any atom is -0.354 e. The molecule has 2 rings (SSSR count). The molecule has 3 nitrogen and oxygen atoms in total. The molecule has 1 aliphatic rings. The van der Waals surface area contributed by atoms with E-state index >= 15 is 0 Å². The van der Waals surface area contributed by atoms with Crippen molar-refractivity contribution in [2.45, 2.75) is 45.6 Å². The first-order chi connectivity index (χ1) is 8.41. The van der Waals surface area contributed by atoms with E-state index in [0.717, 1.165) is 18.9 Å². The fourth-order valence-electron chi connectivity index (χ4n) is 2.63. The van der Waals surface area contributed by atoms with Crippen LogP contribution >= 0.6 is 0 Å². The Labute approximate surface area is 110 Å². The molecule has 1 aromatic heterocycles. The normalized spacial score (nSPS) is 24.6. The van der Waals surface area contributed by atoms with Crippen molar-refractivity contribution in [1.29, 1.82) is 0 Å². The van der Waals surface area contributed by atoms with Crippen LogP contribution in [0.5, 0.6) is 0 Å². The van der Waals surface area contributed by atoms with Crippen LogP contribution in [-0.2, 0) is 5.41 Å². The zero-order valence-electron chi connectivity index (χ0n) is 12.0. The van der Waals surface area contributed by atoms with Gasteiger partial charge in [0.25, 0.3) is 0 Å². The van der Waals surface area contributed by atoms with Crippen LogP contribution in [0.25, 0.3) is 0 Å². The number of nitrogens with zero attached hydrogens (tertiary/aromatic N) is 2.